The monoisotopic (exact) mass is 115 g/mol. The summed E-state index contributed by atoms with van der Waals surface area (Å²) in [4.78, 5) is 0. The van der Waals surface area contributed by atoms with Crippen LogP contribution in [0.5, 0.6) is 0 Å². The lowest BCUT2D eigenvalue weighted by Crippen LogP contribution is -1.59. The topological polar surface area (TPSA) is 26.0 Å². The molecule has 0 radical (unpaired) electrons. The van der Waals surface area contributed by atoms with Crippen molar-refractivity contribution in [1.82, 2.24) is 5.16 Å². The van der Waals surface area contributed by atoms with Crippen molar-refractivity contribution in [3.63, 3.8) is 0 Å². The predicted octanol–water partition coefficient (Wildman–Crippen LogP) is 1.40. The van der Waals surface area contributed by atoms with Crippen LogP contribution in [0.1, 0.15) is 0 Å². The largest absolute Gasteiger partial charge is 0.364 e. The smallest absolute Gasteiger partial charge is 0.139 e. The van der Waals surface area contributed by atoms with Crippen LogP contribution in [0.2, 0.25) is 0 Å². The molecule has 1 heterocycles. The molecule has 1 rings (SSSR count). The number of rotatable bonds is 1. The van der Waals surface area contributed by atoms with Gasteiger partial charge in [0, 0.05) is 6.07 Å². The van der Waals surface area contributed by atoms with Gasteiger partial charge in [-0.15, -0.1) is 11.8 Å². The minimum Gasteiger partial charge on any atom is -0.364 e. The Hall–Kier alpha value is -0.440. The van der Waals surface area contributed by atoms with Gasteiger partial charge in [-0.3, -0.25) is 0 Å². The first kappa shape index (κ1) is 4.71. The number of aromatic nitrogens is 1. The molecule has 0 aliphatic heterocycles. The zero-order chi connectivity index (χ0) is 5.11. The molecule has 3 heteroatoms. The molecular weight excluding hydrogens is 110 g/mol. The number of thioether (sulfide) groups is 1. The van der Waals surface area contributed by atoms with Gasteiger partial charge >= 0.3 is 0 Å². The van der Waals surface area contributed by atoms with Crippen LogP contribution in [-0.4, -0.2) is 11.4 Å². The summed E-state index contributed by atoms with van der Waals surface area (Å²) in [6, 6.07) is 1.82. The van der Waals surface area contributed by atoms with Gasteiger partial charge in [0.25, 0.3) is 0 Å². The maximum absolute atomic E-state index is 4.53. The maximum atomic E-state index is 4.53. The van der Waals surface area contributed by atoms with Crippen LogP contribution >= 0.6 is 11.8 Å². The first-order valence-electron chi connectivity index (χ1n) is 1.88. The van der Waals surface area contributed by atoms with Crippen molar-refractivity contribution in [3.05, 3.63) is 12.3 Å². The zero-order valence-electron chi connectivity index (χ0n) is 3.92. The van der Waals surface area contributed by atoms with E-state index in [1.165, 1.54) is 0 Å². The summed E-state index contributed by atoms with van der Waals surface area (Å²) in [5.41, 5.74) is 0. The van der Waals surface area contributed by atoms with E-state index in [1.807, 2.05) is 12.3 Å². The molecule has 0 aliphatic carbocycles. The Morgan fingerprint density at radius 3 is 3.00 bits per heavy atom. The van der Waals surface area contributed by atoms with E-state index in [0.717, 1.165) is 5.03 Å². The van der Waals surface area contributed by atoms with Crippen molar-refractivity contribution in [2.45, 2.75) is 5.03 Å². The molecular formula is C4H5NOS. The van der Waals surface area contributed by atoms with Gasteiger partial charge in [-0.2, -0.15) is 0 Å². The van der Waals surface area contributed by atoms with Gasteiger partial charge in [0.2, 0.25) is 0 Å². The molecule has 1 aromatic rings. The zero-order valence-corrected chi connectivity index (χ0v) is 4.73. The summed E-state index contributed by atoms with van der Waals surface area (Å²) in [5.74, 6) is 0. The van der Waals surface area contributed by atoms with Crippen LogP contribution in [0.15, 0.2) is 21.9 Å². The highest BCUT2D eigenvalue weighted by Gasteiger charge is 1.86. The van der Waals surface area contributed by atoms with E-state index in [4.69, 9.17) is 0 Å². The molecule has 38 valence electrons. The minimum atomic E-state index is 0.931. The predicted molar refractivity (Wildman–Crippen MR) is 28.3 cm³/mol. The average molecular weight is 115 g/mol. The van der Waals surface area contributed by atoms with Crippen LogP contribution in [0.25, 0.3) is 0 Å². The first-order chi connectivity index (χ1) is 3.43. The van der Waals surface area contributed by atoms with E-state index in [0.29, 0.717) is 0 Å². The third-order valence-electron chi connectivity index (χ3n) is 0.623. The van der Waals surface area contributed by atoms with Crippen molar-refractivity contribution < 1.29 is 4.52 Å². The fourth-order valence-electron chi connectivity index (χ4n) is 0.307. The summed E-state index contributed by atoms with van der Waals surface area (Å²) in [6.45, 7) is 0. The van der Waals surface area contributed by atoms with Gasteiger partial charge < -0.3 is 4.52 Å². The maximum Gasteiger partial charge on any atom is 0.139 e. The third-order valence-corrected chi connectivity index (χ3v) is 1.25. The quantitative estimate of drug-likeness (QED) is 0.517. The normalized spacial score (nSPS) is 9.29. The molecule has 0 aliphatic rings. The van der Waals surface area contributed by atoms with Gasteiger partial charge in [0.05, 0.1) is 0 Å². The van der Waals surface area contributed by atoms with Crippen LogP contribution in [0.3, 0.4) is 0 Å². The summed E-state index contributed by atoms with van der Waals surface area (Å²) in [6.07, 6.45) is 3.52. The van der Waals surface area contributed by atoms with Gasteiger partial charge in [-0.1, -0.05) is 5.16 Å². The fraction of sp³-hybridized carbons (Fsp3) is 0.250. The molecule has 0 aromatic carbocycles. The standard InChI is InChI=1S/C4H5NOS/c1-7-4-2-3-6-5-4/h2-3H,1H3. The van der Waals surface area contributed by atoms with E-state index in [1.54, 1.807) is 18.0 Å². The molecule has 7 heavy (non-hydrogen) atoms. The minimum absolute atomic E-state index is 0.931. The van der Waals surface area contributed by atoms with Crippen molar-refractivity contribution in [1.29, 1.82) is 0 Å². The second kappa shape index (κ2) is 2.02. The van der Waals surface area contributed by atoms with Crippen LogP contribution in [-0.2, 0) is 0 Å². The lowest BCUT2D eigenvalue weighted by Gasteiger charge is -1.74. The van der Waals surface area contributed by atoms with E-state index in [2.05, 4.69) is 9.68 Å². The molecule has 0 fully saturated rings. The number of hydrogen-bond donors (Lipinski definition) is 0. The molecule has 0 spiro atoms. The van der Waals surface area contributed by atoms with Crippen LogP contribution in [0.4, 0.5) is 0 Å². The summed E-state index contributed by atoms with van der Waals surface area (Å²) >= 11 is 1.57. The van der Waals surface area contributed by atoms with Gasteiger partial charge in [-0.05, 0) is 6.26 Å². The second-order valence-electron chi connectivity index (χ2n) is 1.04. The van der Waals surface area contributed by atoms with E-state index < -0.39 is 0 Å². The SMILES string of the molecule is CSc1ccon1. The molecule has 0 saturated heterocycles. The van der Waals surface area contributed by atoms with Crippen LogP contribution < -0.4 is 0 Å². The Bertz CT molecular complexity index is 126. The highest BCUT2D eigenvalue weighted by molar-refractivity contribution is 7.98. The van der Waals surface area contributed by atoms with E-state index in [9.17, 15) is 0 Å². The Morgan fingerprint density at radius 1 is 1.86 bits per heavy atom. The van der Waals surface area contributed by atoms with Crippen LogP contribution in [0, 0.1) is 0 Å². The third kappa shape index (κ3) is 0.962. The summed E-state index contributed by atoms with van der Waals surface area (Å²) < 4.78 is 4.53. The first-order valence-corrected chi connectivity index (χ1v) is 3.10. The highest BCUT2D eigenvalue weighted by Crippen LogP contribution is 2.08. The number of nitrogens with zero attached hydrogens (tertiary/aromatic N) is 1. The lowest BCUT2D eigenvalue weighted by molar-refractivity contribution is 0.404. The molecule has 0 saturated carbocycles. The average Bonchev–Trinajstić information content (AvgIpc) is 2.14. The Morgan fingerprint density at radius 2 is 2.71 bits per heavy atom. The molecule has 0 amide bonds. The van der Waals surface area contributed by atoms with Crippen molar-refractivity contribution in [2.75, 3.05) is 6.26 Å². The Balaban J connectivity index is 2.76. The van der Waals surface area contributed by atoms with Gasteiger partial charge in [-0.25, -0.2) is 0 Å². The second-order valence-corrected chi connectivity index (χ2v) is 1.87. The van der Waals surface area contributed by atoms with Crippen molar-refractivity contribution in [2.24, 2.45) is 0 Å². The molecule has 2 nitrogen and oxygen atoms in total. The molecule has 1 aromatic heterocycles. The Kier molecular flexibility index (Phi) is 1.36. The molecule has 0 atom stereocenters. The van der Waals surface area contributed by atoms with E-state index >= 15 is 0 Å². The molecule has 0 unspecified atom stereocenters. The van der Waals surface area contributed by atoms with Gasteiger partial charge in [0.1, 0.15) is 11.3 Å². The Labute approximate surface area is 45.9 Å². The van der Waals surface area contributed by atoms with Crippen molar-refractivity contribution >= 4 is 11.8 Å². The summed E-state index contributed by atoms with van der Waals surface area (Å²) in [7, 11) is 0. The highest BCUT2D eigenvalue weighted by atomic mass is 32.2. The van der Waals surface area contributed by atoms with Crippen molar-refractivity contribution in [3.8, 4) is 0 Å². The van der Waals surface area contributed by atoms with Gasteiger partial charge in [0.15, 0.2) is 0 Å². The van der Waals surface area contributed by atoms with E-state index in [-0.39, 0.29) is 0 Å². The molecule has 0 bridgehead atoms. The fourth-order valence-corrected chi connectivity index (χ4v) is 0.616. The molecule has 0 N–H and O–H groups in total. The summed E-state index contributed by atoms with van der Waals surface area (Å²) in [5, 5.41) is 4.55. The number of hydrogen-bond acceptors (Lipinski definition) is 3. The lowest BCUT2D eigenvalue weighted by atomic mass is 10.8.